The molecule has 0 spiro atoms. The van der Waals surface area contributed by atoms with Gasteiger partial charge in [0.25, 0.3) is 0 Å². The van der Waals surface area contributed by atoms with E-state index in [2.05, 4.69) is 39.8 Å². The number of fused-ring (bicyclic) bond motifs is 1. The van der Waals surface area contributed by atoms with E-state index < -0.39 is 0 Å². The fraction of sp³-hybridized carbons (Fsp3) is 0.562. The monoisotopic (exact) mass is 227 g/mol. The van der Waals surface area contributed by atoms with Crippen molar-refractivity contribution in [1.29, 1.82) is 5.26 Å². The molecule has 0 unspecified atom stereocenters. The average Bonchev–Trinajstić information content (AvgIpc) is 2.25. The summed E-state index contributed by atoms with van der Waals surface area (Å²) in [5.74, 6) is 0.438. The van der Waals surface area contributed by atoms with Crippen LogP contribution in [0.5, 0.6) is 0 Å². The summed E-state index contributed by atoms with van der Waals surface area (Å²) in [5.41, 5.74) is 5.46. The lowest BCUT2D eigenvalue weighted by Crippen LogP contribution is -2.24. The fourth-order valence-corrected chi connectivity index (χ4v) is 2.95. The van der Waals surface area contributed by atoms with Crippen LogP contribution in [-0.2, 0) is 12.8 Å². The minimum absolute atomic E-state index is 0.380. The Morgan fingerprint density at radius 1 is 1.29 bits per heavy atom. The van der Waals surface area contributed by atoms with Crippen molar-refractivity contribution < 1.29 is 0 Å². The number of rotatable bonds is 1. The molecule has 1 heteroatoms. The first-order chi connectivity index (χ1) is 7.94. The van der Waals surface area contributed by atoms with Crippen molar-refractivity contribution >= 4 is 0 Å². The van der Waals surface area contributed by atoms with Crippen LogP contribution in [0.15, 0.2) is 12.1 Å². The lowest BCUT2D eigenvalue weighted by molar-refractivity contribution is 0.313. The quantitative estimate of drug-likeness (QED) is 0.705. The van der Waals surface area contributed by atoms with Crippen LogP contribution in [0.1, 0.15) is 62.3 Å². The Bertz CT molecular complexity index is 475. The third kappa shape index (κ3) is 2.22. The van der Waals surface area contributed by atoms with E-state index in [4.69, 9.17) is 0 Å². The lowest BCUT2D eigenvalue weighted by atomic mass is 9.71. The standard InChI is InChI=1S/C16H21N/c1-11(2)15-13(10-17)6-5-12-7-8-16(3,4)9-14(12)15/h5-6,11H,7-9H2,1-4H3. The molecular formula is C16H21N. The Kier molecular flexibility index (Phi) is 3.00. The largest absolute Gasteiger partial charge is 0.192 e. The van der Waals surface area contributed by atoms with E-state index in [-0.39, 0.29) is 0 Å². The van der Waals surface area contributed by atoms with E-state index in [1.807, 2.05) is 6.07 Å². The number of hydrogen-bond acceptors (Lipinski definition) is 1. The molecule has 1 aliphatic carbocycles. The minimum Gasteiger partial charge on any atom is -0.192 e. The van der Waals surface area contributed by atoms with Gasteiger partial charge in [0.05, 0.1) is 11.6 Å². The maximum absolute atomic E-state index is 9.25. The normalized spacial score (nSPS) is 17.6. The number of benzene rings is 1. The molecule has 17 heavy (non-hydrogen) atoms. The molecule has 0 heterocycles. The maximum Gasteiger partial charge on any atom is 0.0994 e. The van der Waals surface area contributed by atoms with Crippen LogP contribution in [0.2, 0.25) is 0 Å². The Hall–Kier alpha value is -1.29. The topological polar surface area (TPSA) is 23.8 Å². The van der Waals surface area contributed by atoms with Gasteiger partial charge < -0.3 is 0 Å². The van der Waals surface area contributed by atoms with Gasteiger partial charge in [0.2, 0.25) is 0 Å². The van der Waals surface area contributed by atoms with Crippen LogP contribution in [0, 0.1) is 16.7 Å². The fourth-order valence-electron chi connectivity index (χ4n) is 2.95. The zero-order chi connectivity index (χ0) is 12.6. The van der Waals surface area contributed by atoms with Crippen molar-refractivity contribution in [3.8, 4) is 6.07 Å². The molecule has 0 saturated heterocycles. The molecule has 0 atom stereocenters. The van der Waals surface area contributed by atoms with E-state index in [0.29, 0.717) is 11.3 Å². The molecule has 0 amide bonds. The zero-order valence-corrected chi connectivity index (χ0v) is 11.3. The highest BCUT2D eigenvalue weighted by Crippen LogP contribution is 2.39. The second-order valence-corrected chi connectivity index (χ2v) is 6.27. The average molecular weight is 227 g/mol. The number of aryl methyl sites for hydroxylation is 1. The van der Waals surface area contributed by atoms with Crippen molar-refractivity contribution in [2.45, 2.75) is 52.9 Å². The van der Waals surface area contributed by atoms with Crippen LogP contribution >= 0.6 is 0 Å². The number of nitriles is 1. The Labute approximate surface area is 104 Å². The third-order valence-corrected chi connectivity index (χ3v) is 3.88. The van der Waals surface area contributed by atoms with Crippen LogP contribution in [-0.4, -0.2) is 0 Å². The van der Waals surface area contributed by atoms with Crippen molar-refractivity contribution in [3.05, 3.63) is 34.4 Å². The van der Waals surface area contributed by atoms with Gasteiger partial charge in [-0.15, -0.1) is 0 Å². The van der Waals surface area contributed by atoms with Crippen LogP contribution in [0.3, 0.4) is 0 Å². The molecule has 2 rings (SSSR count). The van der Waals surface area contributed by atoms with E-state index in [1.54, 1.807) is 0 Å². The van der Waals surface area contributed by atoms with Crippen LogP contribution < -0.4 is 0 Å². The predicted octanol–water partition coefficient (Wildman–Crippen LogP) is 4.20. The molecule has 0 saturated carbocycles. The summed E-state index contributed by atoms with van der Waals surface area (Å²) in [5, 5.41) is 9.25. The minimum atomic E-state index is 0.380. The van der Waals surface area contributed by atoms with Crippen molar-refractivity contribution in [2.24, 2.45) is 5.41 Å². The summed E-state index contributed by atoms with van der Waals surface area (Å²) >= 11 is 0. The molecular weight excluding hydrogens is 206 g/mol. The van der Waals surface area contributed by atoms with Gasteiger partial charge in [-0.05, 0) is 53.4 Å². The second-order valence-electron chi connectivity index (χ2n) is 6.27. The van der Waals surface area contributed by atoms with E-state index in [9.17, 15) is 5.26 Å². The summed E-state index contributed by atoms with van der Waals surface area (Å²) in [4.78, 5) is 0. The molecule has 1 nitrogen and oxygen atoms in total. The van der Waals surface area contributed by atoms with Crippen LogP contribution in [0.4, 0.5) is 0 Å². The Balaban J connectivity index is 2.60. The molecule has 0 aromatic heterocycles. The van der Waals surface area contributed by atoms with Gasteiger partial charge in [0.1, 0.15) is 0 Å². The predicted molar refractivity (Wildman–Crippen MR) is 71.1 cm³/mol. The molecule has 90 valence electrons. The summed E-state index contributed by atoms with van der Waals surface area (Å²) in [6, 6.07) is 6.52. The van der Waals surface area contributed by atoms with Gasteiger partial charge in [-0.3, -0.25) is 0 Å². The lowest BCUT2D eigenvalue weighted by Gasteiger charge is -2.33. The molecule has 1 aliphatic rings. The summed E-state index contributed by atoms with van der Waals surface area (Å²) in [6.07, 6.45) is 3.53. The summed E-state index contributed by atoms with van der Waals surface area (Å²) in [7, 11) is 0. The van der Waals surface area contributed by atoms with Gasteiger partial charge in [-0.25, -0.2) is 0 Å². The second kappa shape index (κ2) is 4.18. The first kappa shape index (κ1) is 12.2. The van der Waals surface area contributed by atoms with E-state index in [1.165, 1.54) is 23.1 Å². The number of hydrogen-bond donors (Lipinski definition) is 0. The Morgan fingerprint density at radius 2 is 2.00 bits per heavy atom. The van der Waals surface area contributed by atoms with Gasteiger partial charge in [0.15, 0.2) is 0 Å². The van der Waals surface area contributed by atoms with Crippen molar-refractivity contribution in [3.63, 3.8) is 0 Å². The highest BCUT2D eigenvalue weighted by atomic mass is 14.3. The highest BCUT2D eigenvalue weighted by Gasteiger charge is 2.28. The first-order valence-electron chi connectivity index (χ1n) is 6.49. The maximum atomic E-state index is 9.25. The van der Waals surface area contributed by atoms with Crippen molar-refractivity contribution in [2.75, 3.05) is 0 Å². The molecule has 0 fully saturated rings. The van der Waals surface area contributed by atoms with Crippen molar-refractivity contribution in [1.82, 2.24) is 0 Å². The molecule has 1 aromatic carbocycles. The zero-order valence-electron chi connectivity index (χ0n) is 11.3. The van der Waals surface area contributed by atoms with Gasteiger partial charge >= 0.3 is 0 Å². The molecule has 1 aromatic rings. The molecule has 0 aliphatic heterocycles. The smallest absolute Gasteiger partial charge is 0.0994 e. The third-order valence-electron chi connectivity index (χ3n) is 3.88. The summed E-state index contributed by atoms with van der Waals surface area (Å²) < 4.78 is 0. The SMILES string of the molecule is CC(C)c1c(C#N)ccc2c1CC(C)(C)CC2. The van der Waals surface area contributed by atoms with Gasteiger partial charge in [-0.2, -0.15) is 5.26 Å². The highest BCUT2D eigenvalue weighted by molar-refractivity contribution is 5.49. The van der Waals surface area contributed by atoms with Gasteiger partial charge in [0, 0.05) is 0 Å². The number of nitrogens with zero attached hydrogens (tertiary/aromatic N) is 1. The molecule has 0 radical (unpaired) electrons. The molecule has 0 bridgehead atoms. The molecule has 0 N–H and O–H groups in total. The first-order valence-corrected chi connectivity index (χ1v) is 6.49. The van der Waals surface area contributed by atoms with E-state index in [0.717, 1.165) is 18.4 Å². The van der Waals surface area contributed by atoms with E-state index >= 15 is 0 Å². The van der Waals surface area contributed by atoms with Gasteiger partial charge in [-0.1, -0.05) is 33.8 Å². The Morgan fingerprint density at radius 3 is 2.59 bits per heavy atom. The summed E-state index contributed by atoms with van der Waals surface area (Å²) in [6.45, 7) is 9.05. The van der Waals surface area contributed by atoms with Crippen LogP contribution in [0.25, 0.3) is 0 Å².